The lowest BCUT2D eigenvalue weighted by molar-refractivity contribution is 0.171. The van der Waals surface area contributed by atoms with Gasteiger partial charge in [0.2, 0.25) is 11.9 Å². The van der Waals surface area contributed by atoms with Crippen molar-refractivity contribution in [2.75, 3.05) is 38.5 Å². The van der Waals surface area contributed by atoms with E-state index in [9.17, 15) is 4.39 Å². The quantitative estimate of drug-likeness (QED) is 0.631. The number of nitrogens with one attached hydrogen (secondary N) is 1. The van der Waals surface area contributed by atoms with Crippen LogP contribution in [0, 0.1) is 5.82 Å². The van der Waals surface area contributed by atoms with Gasteiger partial charge in [-0.1, -0.05) is 29.8 Å². The lowest BCUT2D eigenvalue weighted by Crippen LogP contribution is -2.57. The van der Waals surface area contributed by atoms with Gasteiger partial charge in [0.25, 0.3) is 0 Å². The molecule has 30 heavy (non-hydrogen) atoms. The molecule has 0 saturated carbocycles. The minimum absolute atomic E-state index is 0.366. The maximum Gasteiger partial charge on any atom is 0.216 e. The van der Waals surface area contributed by atoms with Crippen LogP contribution in [0.1, 0.15) is 18.2 Å². The van der Waals surface area contributed by atoms with E-state index in [-0.39, 0.29) is 5.82 Å². The number of aromatic nitrogens is 2. The first-order valence-electron chi connectivity index (χ1n) is 9.87. The number of imidazole rings is 1. The maximum absolute atomic E-state index is 14.9. The molecule has 2 aliphatic rings. The third-order valence-electron chi connectivity index (χ3n) is 5.44. The number of methoxy groups -OCH3 is 1. The van der Waals surface area contributed by atoms with Crippen LogP contribution in [0.4, 0.5) is 10.3 Å². The van der Waals surface area contributed by atoms with Gasteiger partial charge < -0.3 is 10.1 Å². The summed E-state index contributed by atoms with van der Waals surface area (Å²) in [7, 11) is 1.71. The Morgan fingerprint density at radius 1 is 1.27 bits per heavy atom. The fourth-order valence-corrected chi connectivity index (χ4v) is 4.18. The monoisotopic (exact) mass is 428 g/mol. The van der Waals surface area contributed by atoms with Crippen molar-refractivity contribution in [2.24, 2.45) is 4.99 Å². The average molecular weight is 429 g/mol. The van der Waals surface area contributed by atoms with Gasteiger partial charge in [0.1, 0.15) is 12.0 Å². The van der Waals surface area contributed by atoms with Crippen LogP contribution < -0.4 is 10.2 Å². The van der Waals surface area contributed by atoms with E-state index in [1.807, 2.05) is 33.7 Å². The van der Waals surface area contributed by atoms with E-state index >= 15 is 0 Å². The number of rotatable bonds is 5. The Hall–Kier alpha value is -2.68. The number of benzene rings is 2. The highest BCUT2D eigenvalue weighted by Crippen LogP contribution is 2.35. The molecule has 0 fully saturated rings. The zero-order valence-corrected chi connectivity index (χ0v) is 17.3. The molecule has 1 atom stereocenters. The zero-order chi connectivity index (χ0) is 20.7. The second kappa shape index (κ2) is 7.86. The molecule has 0 spiro atoms. The molecule has 156 valence electrons. The summed E-state index contributed by atoms with van der Waals surface area (Å²) in [5, 5.41) is 3.79. The zero-order valence-electron chi connectivity index (χ0n) is 16.6. The molecule has 0 aliphatic carbocycles. The van der Waals surface area contributed by atoms with Crippen molar-refractivity contribution in [1.82, 2.24) is 19.8 Å². The van der Waals surface area contributed by atoms with E-state index in [0.29, 0.717) is 36.5 Å². The smallest absolute Gasteiger partial charge is 0.216 e. The Morgan fingerprint density at radius 3 is 2.97 bits per heavy atom. The number of hydrogen-bond acceptors (Lipinski definition) is 6. The van der Waals surface area contributed by atoms with E-state index in [0.717, 1.165) is 29.9 Å². The van der Waals surface area contributed by atoms with E-state index in [1.54, 1.807) is 19.2 Å². The Bertz CT molecular complexity index is 1120. The molecule has 0 radical (unpaired) electrons. The van der Waals surface area contributed by atoms with Crippen LogP contribution in [0.25, 0.3) is 11.0 Å². The summed E-state index contributed by atoms with van der Waals surface area (Å²) >= 11 is 5.98. The topological polar surface area (TPSA) is 57.9 Å². The molecule has 0 amide bonds. The molecule has 2 aromatic carbocycles. The van der Waals surface area contributed by atoms with Crippen molar-refractivity contribution >= 4 is 34.5 Å². The summed E-state index contributed by atoms with van der Waals surface area (Å²) in [6, 6.07) is 12.6. The number of hydrogen-bond donors (Lipinski definition) is 1. The van der Waals surface area contributed by atoms with Crippen LogP contribution in [-0.4, -0.2) is 54.0 Å². The number of guanidine groups is 1. The third-order valence-corrected chi connectivity index (χ3v) is 5.68. The van der Waals surface area contributed by atoms with Gasteiger partial charge in [0, 0.05) is 30.8 Å². The summed E-state index contributed by atoms with van der Waals surface area (Å²) in [5.41, 5.74) is 2.27. The van der Waals surface area contributed by atoms with Gasteiger partial charge in [0.05, 0.1) is 24.4 Å². The maximum atomic E-state index is 14.9. The largest absolute Gasteiger partial charge is 0.385 e. The van der Waals surface area contributed by atoms with Gasteiger partial charge in [-0.15, -0.1) is 0 Å². The minimum atomic E-state index is -0.472. The molecule has 3 heterocycles. The summed E-state index contributed by atoms with van der Waals surface area (Å²) in [4.78, 5) is 13.9. The lowest BCUT2D eigenvalue weighted by Gasteiger charge is -2.41. The van der Waals surface area contributed by atoms with E-state index in [4.69, 9.17) is 26.3 Å². The number of fused-ring (bicyclic) bond motifs is 5. The van der Waals surface area contributed by atoms with Crippen LogP contribution in [0.3, 0.4) is 0 Å². The Labute approximate surface area is 178 Å². The van der Waals surface area contributed by atoms with Gasteiger partial charge in [-0.3, -0.25) is 14.4 Å². The fourth-order valence-electron chi connectivity index (χ4n) is 4.02. The Balaban J connectivity index is 1.59. The molecule has 0 bridgehead atoms. The van der Waals surface area contributed by atoms with Crippen LogP contribution in [0.5, 0.6) is 0 Å². The van der Waals surface area contributed by atoms with Crippen LogP contribution >= 0.6 is 11.6 Å². The number of aliphatic imine (C=N–C) groups is 1. The number of nitrogens with zero attached hydrogens (tertiary/aromatic N) is 5. The van der Waals surface area contributed by atoms with Crippen LogP contribution in [0.2, 0.25) is 5.02 Å². The molecule has 0 saturated heterocycles. The molecule has 7 nitrogen and oxygen atoms in total. The number of halogens is 2. The molecule has 2 aliphatic heterocycles. The molecule has 9 heteroatoms. The lowest BCUT2D eigenvalue weighted by atomic mass is 10.1. The summed E-state index contributed by atoms with van der Waals surface area (Å²) in [6.45, 7) is 2.80. The third kappa shape index (κ3) is 3.30. The number of ether oxygens (including phenoxy) is 1. The van der Waals surface area contributed by atoms with Crippen molar-refractivity contribution in [3.05, 3.63) is 58.9 Å². The molecule has 1 N–H and O–H groups in total. The first kappa shape index (κ1) is 19.3. The number of anilines is 1. The first-order valence-corrected chi connectivity index (χ1v) is 10.3. The van der Waals surface area contributed by atoms with Crippen LogP contribution in [0.15, 0.2) is 47.5 Å². The van der Waals surface area contributed by atoms with Gasteiger partial charge in [0.15, 0.2) is 0 Å². The van der Waals surface area contributed by atoms with E-state index in [2.05, 4.69) is 10.2 Å². The molecule has 3 aromatic rings. The molecule has 1 aromatic heterocycles. The molecule has 1 unspecified atom stereocenters. The Morgan fingerprint density at radius 2 is 2.13 bits per heavy atom. The number of para-hydroxylation sites is 2. The van der Waals surface area contributed by atoms with Gasteiger partial charge >= 0.3 is 0 Å². The molecular weight excluding hydrogens is 407 g/mol. The average Bonchev–Trinajstić information content (AvgIpc) is 3.14. The van der Waals surface area contributed by atoms with E-state index < -0.39 is 6.17 Å². The molecular formula is C21H22ClFN6O. The van der Waals surface area contributed by atoms with Gasteiger partial charge in [-0.2, -0.15) is 0 Å². The fraction of sp³-hybridized carbons (Fsp3) is 0.333. The normalized spacial score (nSPS) is 18.7. The highest BCUT2D eigenvalue weighted by molar-refractivity contribution is 6.30. The van der Waals surface area contributed by atoms with Crippen molar-refractivity contribution in [3.8, 4) is 0 Å². The summed E-state index contributed by atoms with van der Waals surface area (Å²) < 4.78 is 22.1. The Kier molecular flexibility index (Phi) is 5.06. The van der Waals surface area contributed by atoms with Crippen molar-refractivity contribution in [1.29, 1.82) is 0 Å². The standard InChI is InChI=1S/C21H22ClFN6O/c1-30-10-4-9-27-12-24-20-26-19(15-8-7-14(22)11-16(15)23)29-18-6-3-2-5-17(18)25-21(29)28(20)13-27/h2-3,5-8,11,19H,4,9-10,12-13H2,1H3,(H,24,26). The highest BCUT2D eigenvalue weighted by atomic mass is 35.5. The SMILES string of the molecule is COCCCN1CN=C2NC(c3ccc(Cl)cc3F)n3c(nc4ccccc43)N2C1. The van der Waals surface area contributed by atoms with Crippen LogP contribution in [-0.2, 0) is 4.74 Å². The molecule has 5 rings (SSSR count). The first-order chi connectivity index (χ1) is 14.7. The van der Waals surface area contributed by atoms with Gasteiger partial charge in [-0.25, -0.2) is 14.4 Å². The van der Waals surface area contributed by atoms with Crippen molar-refractivity contribution in [3.63, 3.8) is 0 Å². The second-order valence-electron chi connectivity index (χ2n) is 7.42. The summed E-state index contributed by atoms with van der Waals surface area (Å²) in [6.07, 6.45) is 0.456. The minimum Gasteiger partial charge on any atom is -0.385 e. The highest BCUT2D eigenvalue weighted by Gasteiger charge is 2.36. The van der Waals surface area contributed by atoms with Crippen molar-refractivity contribution in [2.45, 2.75) is 12.6 Å². The van der Waals surface area contributed by atoms with Gasteiger partial charge in [-0.05, 0) is 30.7 Å². The van der Waals surface area contributed by atoms with E-state index in [1.165, 1.54) is 6.07 Å². The van der Waals surface area contributed by atoms with Crippen molar-refractivity contribution < 1.29 is 9.13 Å². The predicted molar refractivity (Wildman–Crippen MR) is 115 cm³/mol. The second-order valence-corrected chi connectivity index (χ2v) is 7.85. The summed E-state index contributed by atoms with van der Waals surface area (Å²) in [5.74, 6) is 1.07. The predicted octanol–water partition coefficient (Wildman–Crippen LogP) is 3.41.